The molecule has 0 atom stereocenters. The van der Waals surface area contributed by atoms with Crippen molar-refractivity contribution < 1.29 is 26.3 Å². The Balaban J connectivity index is 0. The van der Waals surface area contributed by atoms with Crippen molar-refractivity contribution in [3.8, 4) is 0 Å². The summed E-state index contributed by atoms with van der Waals surface area (Å²) in [5, 5.41) is 3.11. The summed E-state index contributed by atoms with van der Waals surface area (Å²) in [5.74, 6) is 0. The van der Waals surface area contributed by atoms with Crippen molar-refractivity contribution >= 4 is 0 Å². The largest absolute Gasteiger partial charge is 0.397 e. The minimum Gasteiger partial charge on any atom is -0.317 e. The van der Waals surface area contributed by atoms with Crippen LogP contribution in [0.5, 0.6) is 0 Å². The van der Waals surface area contributed by atoms with Crippen LogP contribution in [0.25, 0.3) is 0 Å². The number of hydrogen-bond donors (Lipinski definition) is 1. The Labute approximate surface area is 78.5 Å². The predicted octanol–water partition coefficient (Wildman–Crippen LogP) is 3.12. The Morgan fingerprint density at radius 1 is 0.786 bits per heavy atom. The second kappa shape index (κ2) is 6.92. The highest BCUT2D eigenvalue weighted by molar-refractivity contribution is 4.57. The van der Waals surface area contributed by atoms with Crippen molar-refractivity contribution in [3.63, 3.8) is 0 Å². The first kappa shape index (κ1) is 16.0. The topological polar surface area (TPSA) is 12.0 Å². The van der Waals surface area contributed by atoms with E-state index in [4.69, 9.17) is 0 Å². The van der Waals surface area contributed by atoms with Gasteiger partial charge in [0.05, 0.1) is 0 Å². The van der Waals surface area contributed by atoms with Gasteiger partial charge in [0.15, 0.2) is 0 Å². The van der Waals surface area contributed by atoms with Gasteiger partial charge in [0, 0.05) is 0 Å². The maximum atomic E-state index is 10.8. The molecule has 14 heavy (non-hydrogen) atoms. The number of alkyl halides is 6. The molecular weight excluding hydrogens is 212 g/mol. The van der Waals surface area contributed by atoms with Crippen molar-refractivity contribution in [1.82, 2.24) is 5.32 Å². The minimum absolute atomic E-state index is 1.09. The fourth-order valence-electron chi connectivity index (χ4n) is 0.477. The Morgan fingerprint density at radius 2 is 1.07 bits per heavy atom. The molecule has 0 rings (SSSR count). The summed E-state index contributed by atoms with van der Waals surface area (Å²) >= 11 is 0. The molecule has 0 aliphatic rings. The van der Waals surface area contributed by atoms with E-state index in [-0.39, 0.29) is 0 Å². The molecule has 0 aromatic rings. The van der Waals surface area contributed by atoms with E-state index in [9.17, 15) is 26.3 Å². The van der Waals surface area contributed by atoms with Gasteiger partial charge in [0.25, 0.3) is 0 Å². The molecule has 0 saturated carbocycles. The van der Waals surface area contributed by atoms with Crippen LogP contribution in [0.1, 0.15) is 20.3 Å². The van der Waals surface area contributed by atoms with E-state index in [0.29, 0.717) is 0 Å². The SMILES string of the molecule is CCNCC.FC(F)(F)CC(F)(F)F. The first-order chi connectivity index (χ1) is 6.12. The lowest BCUT2D eigenvalue weighted by Gasteiger charge is -2.08. The predicted molar refractivity (Wildman–Crippen MR) is 40.9 cm³/mol. The van der Waals surface area contributed by atoms with Crippen LogP contribution in [0.4, 0.5) is 26.3 Å². The summed E-state index contributed by atoms with van der Waals surface area (Å²) in [6.45, 7) is 6.39. The lowest BCUT2D eigenvalue weighted by molar-refractivity contribution is -0.232. The highest BCUT2D eigenvalue weighted by Crippen LogP contribution is 2.31. The molecule has 0 aliphatic carbocycles. The van der Waals surface area contributed by atoms with Crippen LogP contribution in [0.15, 0.2) is 0 Å². The van der Waals surface area contributed by atoms with Crippen LogP contribution in [0.2, 0.25) is 0 Å². The van der Waals surface area contributed by atoms with Gasteiger partial charge in [-0.15, -0.1) is 0 Å². The van der Waals surface area contributed by atoms with Gasteiger partial charge in [-0.2, -0.15) is 26.3 Å². The van der Waals surface area contributed by atoms with Crippen molar-refractivity contribution in [2.75, 3.05) is 13.1 Å². The molecule has 0 unspecified atom stereocenters. The summed E-state index contributed by atoms with van der Waals surface area (Å²) in [5.41, 5.74) is 0. The standard InChI is InChI=1S/C4H11N.C3H2F6/c1-3-5-4-2;4-2(5,6)1-3(7,8)9/h5H,3-4H2,1-2H3;1H2. The van der Waals surface area contributed by atoms with Gasteiger partial charge in [-0.3, -0.25) is 0 Å². The molecule has 0 saturated heterocycles. The zero-order chi connectivity index (χ0) is 11.8. The average molecular weight is 225 g/mol. The Kier molecular flexibility index (Phi) is 7.90. The van der Waals surface area contributed by atoms with E-state index in [1.54, 1.807) is 0 Å². The van der Waals surface area contributed by atoms with Crippen molar-refractivity contribution in [2.45, 2.75) is 32.6 Å². The summed E-state index contributed by atoms with van der Waals surface area (Å²) < 4.78 is 65.0. The average Bonchev–Trinajstić information content (AvgIpc) is 1.81. The van der Waals surface area contributed by atoms with Gasteiger partial charge in [-0.1, -0.05) is 13.8 Å². The Bertz CT molecular complexity index is 113. The molecule has 0 heterocycles. The molecule has 0 fully saturated rings. The summed E-state index contributed by atoms with van der Waals surface area (Å²) in [6.07, 6.45) is -13.0. The van der Waals surface area contributed by atoms with Gasteiger partial charge >= 0.3 is 12.4 Å². The third-order valence-electron chi connectivity index (χ3n) is 0.901. The molecule has 0 bridgehead atoms. The van der Waals surface area contributed by atoms with Crippen molar-refractivity contribution in [2.24, 2.45) is 0 Å². The van der Waals surface area contributed by atoms with Crippen molar-refractivity contribution in [3.05, 3.63) is 0 Å². The van der Waals surface area contributed by atoms with Gasteiger partial charge < -0.3 is 5.32 Å². The van der Waals surface area contributed by atoms with E-state index in [1.165, 1.54) is 0 Å². The molecule has 1 N–H and O–H groups in total. The first-order valence-corrected chi connectivity index (χ1v) is 3.96. The lowest BCUT2D eigenvalue weighted by Crippen LogP contribution is -2.20. The summed E-state index contributed by atoms with van der Waals surface area (Å²) in [6, 6.07) is 0. The van der Waals surface area contributed by atoms with E-state index in [1.807, 2.05) is 0 Å². The molecule has 1 nitrogen and oxygen atoms in total. The molecule has 7 heteroatoms. The van der Waals surface area contributed by atoms with E-state index < -0.39 is 18.8 Å². The van der Waals surface area contributed by atoms with E-state index >= 15 is 0 Å². The van der Waals surface area contributed by atoms with Gasteiger partial charge in [-0.25, -0.2) is 0 Å². The number of hydrogen-bond acceptors (Lipinski definition) is 1. The smallest absolute Gasteiger partial charge is 0.317 e. The van der Waals surface area contributed by atoms with Crippen LogP contribution >= 0.6 is 0 Å². The molecule has 0 radical (unpaired) electrons. The Morgan fingerprint density at radius 3 is 1.07 bits per heavy atom. The molecule has 0 aromatic carbocycles. The molecule has 0 aromatic heterocycles. The quantitative estimate of drug-likeness (QED) is 0.712. The van der Waals surface area contributed by atoms with Gasteiger partial charge in [0.1, 0.15) is 6.42 Å². The maximum Gasteiger partial charge on any atom is 0.397 e. The van der Waals surface area contributed by atoms with Crippen LogP contribution in [-0.4, -0.2) is 25.4 Å². The molecule has 0 spiro atoms. The first-order valence-electron chi connectivity index (χ1n) is 3.96. The van der Waals surface area contributed by atoms with Crippen LogP contribution in [0.3, 0.4) is 0 Å². The fourth-order valence-corrected chi connectivity index (χ4v) is 0.477. The zero-order valence-electron chi connectivity index (χ0n) is 7.89. The number of nitrogens with one attached hydrogen (secondary N) is 1. The fraction of sp³-hybridized carbons (Fsp3) is 1.00. The molecular formula is C7H13F6N. The molecule has 0 aliphatic heterocycles. The lowest BCUT2D eigenvalue weighted by atomic mass is 10.4. The second-order valence-corrected chi connectivity index (χ2v) is 2.36. The van der Waals surface area contributed by atoms with E-state index in [0.717, 1.165) is 13.1 Å². The van der Waals surface area contributed by atoms with Gasteiger partial charge in [0.2, 0.25) is 0 Å². The van der Waals surface area contributed by atoms with Gasteiger partial charge in [-0.05, 0) is 13.1 Å². The molecule has 0 amide bonds. The zero-order valence-corrected chi connectivity index (χ0v) is 7.89. The normalized spacial score (nSPS) is 12.0. The van der Waals surface area contributed by atoms with Crippen LogP contribution < -0.4 is 5.32 Å². The van der Waals surface area contributed by atoms with Crippen molar-refractivity contribution in [1.29, 1.82) is 0 Å². The number of rotatable bonds is 2. The summed E-state index contributed by atoms with van der Waals surface area (Å²) in [7, 11) is 0. The maximum absolute atomic E-state index is 10.8. The summed E-state index contributed by atoms with van der Waals surface area (Å²) in [4.78, 5) is 0. The molecule has 88 valence electrons. The Hall–Kier alpha value is -0.460. The second-order valence-electron chi connectivity index (χ2n) is 2.36. The van der Waals surface area contributed by atoms with Crippen LogP contribution in [0, 0.1) is 0 Å². The van der Waals surface area contributed by atoms with Crippen LogP contribution in [-0.2, 0) is 0 Å². The minimum atomic E-state index is -5.14. The third-order valence-corrected chi connectivity index (χ3v) is 0.901. The number of halogens is 6. The highest BCUT2D eigenvalue weighted by Gasteiger charge is 2.43. The third kappa shape index (κ3) is 22.5. The highest BCUT2D eigenvalue weighted by atomic mass is 19.4. The van der Waals surface area contributed by atoms with E-state index in [2.05, 4.69) is 19.2 Å². The monoisotopic (exact) mass is 225 g/mol.